The Morgan fingerprint density at radius 2 is 1.95 bits per heavy atom. The van der Waals surface area contributed by atoms with Crippen molar-refractivity contribution in [1.29, 1.82) is 0 Å². The molecule has 0 bridgehead atoms. The van der Waals surface area contributed by atoms with Crippen LogP contribution in [0.1, 0.15) is 17.3 Å². The highest BCUT2D eigenvalue weighted by atomic mass is 15.5. The van der Waals surface area contributed by atoms with Gasteiger partial charge in [0.05, 0.1) is 17.9 Å². The van der Waals surface area contributed by atoms with Crippen molar-refractivity contribution >= 4 is 0 Å². The van der Waals surface area contributed by atoms with E-state index in [-0.39, 0.29) is 0 Å². The number of rotatable bonds is 5. The Morgan fingerprint density at radius 1 is 1.10 bits per heavy atom. The highest BCUT2D eigenvalue weighted by Gasteiger charge is 2.07. The van der Waals surface area contributed by atoms with E-state index < -0.39 is 0 Å². The maximum absolute atomic E-state index is 4.34. The van der Waals surface area contributed by atoms with Crippen molar-refractivity contribution in [3.05, 3.63) is 59.9 Å². The normalized spacial score (nSPS) is 10.7. The Labute approximate surface area is 122 Å². The van der Waals surface area contributed by atoms with Gasteiger partial charge < -0.3 is 5.32 Å². The third-order valence-corrected chi connectivity index (χ3v) is 2.96. The van der Waals surface area contributed by atoms with E-state index in [1.165, 1.54) is 0 Å². The average molecular weight is 281 g/mol. The first kappa shape index (κ1) is 13.3. The van der Waals surface area contributed by atoms with E-state index in [1.54, 1.807) is 10.9 Å². The first-order valence-corrected chi connectivity index (χ1v) is 6.65. The van der Waals surface area contributed by atoms with Gasteiger partial charge in [-0.05, 0) is 35.5 Å². The van der Waals surface area contributed by atoms with Crippen molar-refractivity contribution in [2.75, 3.05) is 0 Å². The number of aryl methyl sites for hydroxylation is 1. The van der Waals surface area contributed by atoms with Crippen molar-refractivity contribution in [3.8, 4) is 5.69 Å². The fourth-order valence-corrected chi connectivity index (χ4v) is 1.99. The summed E-state index contributed by atoms with van der Waals surface area (Å²) in [5, 5.41) is 15.1. The number of tetrazole rings is 1. The van der Waals surface area contributed by atoms with E-state index in [2.05, 4.69) is 30.8 Å². The van der Waals surface area contributed by atoms with E-state index in [0.717, 1.165) is 23.0 Å². The average Bonchev–Trinajstić information content (AvgIpc) is 2.97. The van der Waals surface area contributed by atoms with Crippen molar-refractivity contribution in [1.82, 2.24) is 35.5 Å². The monoisotopic (exact) mass is 281 g/mol. The molecule has 0 saturated carbocycles. The van der Waals surface area contributed by atoms with E-state index in [0.29, 0.717) is 13.1 Å². The molecule has 0 fully saturated rings. The molecule has 7 heteroatoms. The molecule has 21 heavy (non-hydrogen) atoms. The van der Waals surface area contributed by atoms with Gasteiger partial charge in [-0.25, -0.2) is 9.97 Å². The van der Waals surface area contributed by atoms with Crippen LogP contribution < -0.4 is 5.32 Å². The number of hydrogen-bond acceptors (Lipinski definition) is 6. The largest absolute Gasteiger partial charge is 0.304 e. The molecule has 3 aromatic rings. The lowest BCUT2D eigenvalue weighted by atomic mass is 10.3. The van der Waals surface area contributed by atoms with E-state index >= 15 is 0 Å². The minimum atomic E-state index is 0.560. The quantitative estimate of drug-likeness (QED) is 0.753. The molecular weight excluding hydrogens is 266 g/mol. The summed E-state index contributed by atoms with van der Waals surface area (Å²) in [7, 11) is 0. The second-order valence-electron chi connectivity index (χ2n) is 4.54. The van der Waals surface area contributed by atoms with Crippen LogP contribution in [0.5, 0.6) is 0 Å². The highest BCUT2D eigenvalue weighted by Crippen LogP contribution is 2.06. The Kier molecular flexibility index (Phi) is 3.92. The fraction of sp³-hybridized carbons (Fsp3) is 0.214. The molecule has 0 saturated heterocycles. The van der Waals surface area contributed by atoms with Crippen molar-refractivity contribution in [2.24, 2.45) is 0 Å². The minimum absolute atomic E-state index is 0.560. The zero-order valence-electron chi connectivity index (χ0n) is 11.6. The van der Waals surface area contributed by atoms with E-state index in [9.17, 15) is 0 Å². The lowest BCUT2D eigenvalue weighted by molar-refractivity contribution is 0.630. The molecule has 0 amide bonds. The Hall–Kier alpha value is -2.67. The van der Waals surface area contributed by atoms with Gasteiger partial charge in [-0.1, -0.05) is 18.2 Å². The summed E-state index contributed by atoms with van der Waals surface area (Å²) < 4.78 is 1.72. The molecule has 0 spiro atoms. The summed E-state index contributed by atoms with van der Waals surface area (Å²) in [5.41, 5.74) is 1.89. The van der Waals surface area contributed by atoms with Gasteiger partial charge in [0.1, 0.15) is 5.82 Å². The number of aromatic nitrogens is 6. The van der Waals surface area contributed by atoms with Crippen molar-refractivity contribution in [3.63, 3.8) is 0 Å². The van der Waals surface area contributed by atoms with Crippen molar-refractivity contribution in [2.45, 2.75) is 20.0 Å². The van der Waals surface area contributed by atoms with Crippen LogP contribution in [-0.2, 0) is 13.1 Å². The molecule has 7 nitrogen and oxygen atoms in total. The lowest BCUT2D eigenvalue weighted by Crippen LogP contribution is -2.17. The zero-order chi connectivity index (χ0) is 14.5. The van der Waals surface area contributed by atoms with Crippen LogP contribution in [0.25, 0.3) is 5.69 Å². The summed E-state index contributed by atoms with van der Waals surface area (Å²) in [6.07, 6.45) is 1.76. The number of nitrogens with one attached hydrogen (secondary N) is 1. The molecule has 0 aliphatic carbocycles. The second-order valence-corrected chi connectivity index (χ2v) is 4.54. The molecule has 0 aliphatic heterocycles. The van der Waals surface area contributed by atoms with Crippen LogP contribution >= 0.6 is 0 Å². The highest BCUT2D eigenvalue weighted by molar-refractivity contribution is 5.30. The molecule has 0 aliphatic rings. The topological polar surface area (TPSA) is 81.4 Å². The molecule has 1 aromatic carbocycles. The van der Waals surface area contributed by atoms with Gasteiger partial charge in [0.15, 0.2) is 5.82 Å². The van der Waals surface area contributed by atoms with Crippen LogP contribution in [0.15, 0.2) is 42.6 Å². The van der Waals surface area contributed by atoms with Gasteiger partial charge in [0.2, 0.25) is 0 Å². The molecule has 0 atom stereocenters. The SMILES string of the molecule is Cc1nccc(CNCc2nnnn2-c2ccccc2)n1. The first-order chi connectivity index (χ1) is 10.3. The summed E-state index contributed by atoms with van der Waals surface area (Å²) in [4.78, 5) is 8.42. The molecule has 0 radical (unpaired) electrons. The molecular formula is C14H15N7. The summed E-state index contributed by atoms with van der Waals surface area (Å²) >= 11 is 0. The van der Waals surface area contributed by atoms with Crippen LogP contribution in [0.2, 0.25) is 0 Å². The fourth-order valence-electron chi connectivity index (χ4n) is 1.99. The standard InChI is InChI=1S/C14H15N7/c1-11-16-8-7-12(17-11)9-15-10-14-18-19-20-21(14)13-5-3-2-4-6-13/h2-8,15H,9-10H2,1H3. The lowest BCUT2D eigenvalue weighted by Gasteiger charge is -2.06. The second kappa shape index (κ2) is 6.19. The van der Waals surface area contributed by atoms with E-state index in [1.807, 2.05) is 43.3 Å². The van der Waals surface area contributed by atoms with Gasteiger partial charge in [-0.15, -0.1) is 5.10 Å². The maximum atomic E-state index is 4.34. The van der Waals surface area contributed by atoms with Gasteiger partial charge in [-0.2, -0.15) is 4.68 Å². The predicted molar refractivity (Wildman–Crippen MR) is 76.5 cm³/mol. The maximum Gasteiger partial charge on any atom is 0.170 e. The Bertz CT molecular complexity index is 708. The van der Waals surface area contributed by atoms with E-state index in [4.69, 9.17) is 0 Å². The number of para-hydroxylation sites is 1. The molecule has 1 N–H and O–H groups in total. The predicted octanol–water partition coefficient (Wildman–Crippen LogP) is 1.05. The molecule has 3 rings (SSSR count). The third kappa shape index (κ3) is 3.26. The number of hydrogen-bond donors (Lipinski definition) is 1. The van der Waals surface area contributed by atoms with Gasteiger partial charge in [0.25, 0.3) is 0 Å². The van der Waals surface area contributed by atoms with Gasteiger partial charge in [-0.3, -0.25) is 0 Å². The van der Waals surface area contributed by atoms with Crippen molar-refractivity contribution < 1.29 is 0 Å². The van der Waals surface area contributed by atoms with Gasteiger partial charge >= 0.3 is 0 Å². The number of benzene rings is 1. The van der Waals surface area contributed by atoms with Crippen LogP contribution in [-0.4, -0.2) is 30.2 Å². The molecule has 2 heterocycles. The van der Waals surface area contributed by atoms with Gasteiger partial charge in [0, 0.05) is 12.7 Å². The smallest absolute Gasteiger partial charge is 0.170 e. The summed E-state index contributed by atoms with van der Waals surface area (Å²) in [6, 6.07) is 11.7. The van der Waals surface area contributed by atoms with Crippen LogP contribution in [0, 0.1) is 6.92 Å². The summed E-state index contributed by atoms with van der Waals surface area (Å²) in [6.45, 7) is 3.08. The first-order valence-electron chi connectivity index (χ1n) is 6.65. The number of nitrogens with zero attached hydrogens (tertiary/aromatic N) is 6. The third-order valence-electron chi connectivity index (χ3n) is 2.96. The molecule has 2 aromatic heterocycles. The summed E-state index contributed by atoms with van der Waals surface area (Å²) in [5.74, 6) is 1.52. The molecule has 0 unspecified atom stereocenters. The Morgan fingerprint density at radius 3 is 2.76 bits per heavy atom. The minimum Gasteiger partial charge on any atom is -0.304 e. The van der Waals surface area contributed by atoms with Crippen LogP contribution in [0.4, 0.5) is 0 Å². The molecule has 106 valence electrons. The zero-order valence-corrected chi connectivity index (χ0v) is 11.6. The Balaban J connectivity index is 1.66. The van der Waals surface area contributed by atoms with Crippen LogP contribution in [0.3, 0.4) is 0 Å².